The lowest BCUT2D eigenvalue weighted by Gasteiger charge is -2.15. The number of hydrogen-bond donors (Lipinski definition) is 2. The van der Waals surface area contributed by atoms with Crippen molar-refractivity contribution in [2.75, 3.05) is 6.61 Å². The largest absolute Gasteiger partial charge is 0.394 e. The van der Waals surface area contributed by atoms with Crippen LogP contribution in [0.15, 0.2) is 16.6 Å². The minimum absolute atomic E-state index is 0.176. The second kappa shape index (κ2) is 5.24. The molecule has 1 unspecified atom stereocenters. The molecule has 1 aliphatic rings. The van der Waals surface area contributed by atoms with Crippen molar-refractivity contribution in [3.05, 3.63) is 32.8 Å². The molecule has 1 aromatic carbocycles. The zero-order valence-electron chi connectivity index (χ0n) is 9.36. The van der Waals surface area contributed by atoms with Crippen molar-refractivity contribution in [2.24, 2.45) is 0 Å². The van der Waals surface area contributed by atoms with Crippen molar-refractivity contribution < 1.29 is 14.9 Å². The molecule has 1 aliphatic heterocycles. The minimum atomic E-state index is -0.634. The molecule has 2 rings (SSSR count). The van der Waals surface area contributed by atoms with E-state index in [1.807, 2.05) is 19.1 Å². The first-order valence-electron chi connectivity index (χ1n) is 5.43. The van der Waals surface area contributed by atoms with Crippen LogP contribution in [0, 0.1) is 6.92 Å². The van der Waals surface area contributed by atoms with E-state index in [2.05, 4.69) is 15.9 Å². The van der Waals surface area contributed by atoms with Crippen LogP contribution in [0.25, 0.3) is 0 Å². The van der Waals surface area contributed by atoms with Gasteiger partial charge in [0.2, 0.25) is 0 Å². The first-order valence-corrected chi connectivity index (χ1v) is 6.60. The van der Waals surface area contributed by atoms with Crippen LogP contribution < -0.4 is 0 Å². The zero-order valence-corrected chi connectivity index (χ0v) is 11.7. The summed E-state index contributed by atoms with van der Waals surface area (Å²) >= 11 is 9.58. The summed E-state index contributed by atoms with van der Waals surface area (Å²) in [6, 6.07) is 3.78. The quantitative estimate of drug-likeness (QED) is 0.880. The van der Waals surface area contributed by atoms with Gasteiger partial charge in [0.1, 0.15) is 6.10 Å². The molecule has 0 aromatic heterocycles. The van der Waals surface area contributed by atoms with Gasteiger partial charge in [-0.2, -0.15) is 0 Å². The van der Waals surface area contributed by atoms with E-state index >= 15 is 0 Å². The second-order valence-corrected chi connectivity index (χ2v) is 5.53. The van der Waals surface area contributed by atoms with Crippen molar-refractivity contribution in [2.45, 2.75) is 31.7 Å². The summed E-state index contributed by atoms with van der Waals surface area (Å²) in [5, 5.41) is 19.4. The Labute approximate surface area is 113 Å². The molecular formula is C12H14BrClO3. The molecule has 0 saturated carbocycles. The summed E-state index contributed by atoms with van der Waals surface area (Å²) in [4.78, 5) is 0. The zero-order chi connectivity index (χ0) is 12.6. The number of aliphatic hydroxyl groups is 2. The normalized spacial score (nSPS) is 28.6. The van der Waals surface area contributed by atoms with Crippen LogP contribution in [0.1, 0.15) is 23.7 Å². The summed E-state index contributed by atoms with van der Waals surface area (Å²) in [7, 11) is 0. The molecule has 3 nitrogen and oxygen atoms in total. The topological polar surface area (TPSA) is 49.7 Å². The van der Waals surface area contributed by atoms with Crippen molar-refractivity contribution in [1.82, 2.24) is 0 Å². The van der Waals surface area contributed by atoms with Crippen LogP contribution in [0.4, 0.5) is 0 Å². The number of benzene rings is 1. The van der Waals surface area contributed by atoms with Gasteiger partial charge in [0, 0.05) is 15.9 Å². The number of hydrogen-bond acceptors (Lipinski definition) is 3. The van der Waals surface area contributed by atoms with Gasteiger partial charge >= 0.3 is 0 Å². The van der Waals surface area contributed by atoms with Crippen molar-refractivity contribution in [1.29, 1.82) is 0 Å². The van der Waals surface area contributed by atoms with E-state index in [4.69, 9.17) is 21.4 Å². The van der Waals surface area contributed by atoms with E-state index in [-0.39, 0.29) is 12.7 Å². The molecule has 0 amide bonds. The average Bonchev–Trinajstić information content (AvgIpc) is 2.65. The van der Waals surface area contributed by atoms with Gasteiger partial charge in [-0.3, -0.25) is 0 Å². The molecule has 94 valence electrons. The van der Waals surface area contributed by atoms with E-state index in [0.717, 1.165) is 15.6 Å². The fraction of sp³-hybridized carbons (Fsp3) is 0.500. The average molecular weight is 322 g/mol. The third-order valence-corrected chi connectivity index (χ3v) is 4.21. The van der Waals surface area contributed by atoms with Gasteiger partial charge in [-0.15, -0.1) is 0 Å². The van der Waals surface area contributed by atoms with Crippen LogP contribution in [0.2, 0.25) is 5.02 Å². The molecule has 0 radical (unpaired) electrons. The first kappa shape index (κ1) is 13.3. The summed E-state index contributed by atoms with van der Waals surface area (Å²) < 4.78 is 6.53. The molecule has 1 aromatic rings. The van der Waals surface area contributed by atoms with Gasteiger partial charge in [0.05, 0.1) is 18.8 Å². The molecule has 0 spiro atoms. The Morgan fingerprint density at radius 3 is 2.82 bits per heavy atom. The highest BCUT2D eigenvalue weighted by molar-refractivity contribution is 9.10. The van der Waals surface area contributed by atoms with Crippen molar-refractivity contribution in [3.8, 4) is 0 Å². The summed E-state index contributed by atoms with van der Waals surface area (Å²) in [6.45, 7) is 1.80. The standard InChI is InChI=1S/C12H14BrClO3/c1-6-2-7(9(14)3-8(6)13)11-4-10(16)12(5-15)17-11/h2-3,10-12,15-16H,4-5H2,1H3/t10?,11-,12-/m1/s1. The second-order valence-electron chi connectivity index (χ2n) is 4.27. The Hall–Kier alpha value is -0.130. The maximum absolute atomic E-state index is 9.70. The van der Waals surface area contributed by atoms with E-state index in [0.29, 0.717) is 11.4 Å². The molecule has 1 fully saturated rings. The van der Waals surface area contributed by atoms with Gasteiger partial charge in [0.25, 0.3) is 0 Å². The first-order chi connectivity index (χ1) is 8.02. The van der Waals surface area contributed by atoms with Crippen molar-refractivity contribution in [3.63, 3.8) is 0 Å². The van der Waals surface area contributed by atoms with E-state index in [9.17, 15) is 5.11 Å². The van der Waals surface area contributed by atoms with Crippen LogP contribution in [0.5, 0.6) is 0 Å². The highest BCUT2D eigenvalue weighted by Crippen LogP contribution is 2.38. The fourth-order valence-corrected chi connectivity index (χ4v) is 2.78. The van der Waals surface area contributed by atoms with E-state index in [1.165, 1.54) is 0 Å². The maximum Gasteiger partial charge on any atom is 0.107 e. The Kier molecular flexibility index (Phi) is 4.10. The van der Waals surface area contributed by atoms with Gasteiger partial charge in [-0.1, -0.05) is 33.6 Å². The van der Waals surface area contributed by atoms with Crippen molar-refractivity contribution >= 4 is 27.5 Å². The van der Waals surface area contributed by atoms with Gasteiger partial charge in [-0.05, 0) is 24.1 Å². The number of aryl methyl sites for hydroxylation is 1. The van der Waals surface area contributed by atoms with Gasteiger partial charge in [0.15, 0.2) is 0 Å². The minimum Gasteiger partial charge on any atom is -0.394 e. The number of rotatable bonds is 2. The monoisotopic (exact) mass is 320 g/mol. The lowest BCUT2D eigenvalue weighted by atomic mass is 10.0. The highest BCUT2D eigenvalue weighted by Gasteiger charge is 2.35. The molecule has 5 heteroatoms. The Balaban J connectivity index is 2.27. The third kappa shape index (κ3) is 2.66. The lowest BCUT2D eigenvalue weighted by Crippen LogP contribution is -2.24. The molecule has 1 saturated heterocycles. The number of aliphatic hydroxyl groups excluding tert-OH is 2. The Morgan fingerprint density at radius 1 is 1.53 bits per heavy atom. The molecular weight excluding hydrogens is 307 g/mol. The molecule has 17 heavy (non-hydrogen) atoms. The van der Waals surface area contributed by atoms with Crippen LogP contribution >= 0.6 is 27.5 Å². The highest BCUT2D eigenvalue weighted by atomic mass is 79.9. The molecule has 3 atom stereocenters. The van der Waals surface area contributed by atoms with Gasteiger partial charge in [-0.25, -0.2) is 0 Å². The Bertz CT molecular complexity index is 424. The predicted octanol–water partition coefficient (Wildman–Crippen LogP) is 2.59. The van der Waals surface area contributed by atoms with E-state index in [1.54, 1.807) is 0 Å². The number of halogens is 2. The number of ether oxygens (including phenoxy) is 1. The smallest absolute Gasteiger partial charge is 0.107 e. The summed E-state index contributed by atoms with van der Waals surface area (Å²) in [5.41, 5.74) is 1.93. The molecule has 0 aliphatic carbocycles. The molecule has 1 heterocycles. The molecule has 0 bridgehead atoms. The van der Waals surface area contributed by atoms with Gasteiger partial charge < -0.3 is 14.9 Å². The van der Waals surface area contributed by atoms with Crippen LogP contribution in [-0.2, 0) is 4.74 Å². The van der Waals surface area contributed by atoms with Crippen LogP contribution in [0.3, 0.4) is 0 Å². The van der Waals surface area contributed by atoms with Crippen LogP contribution in [-0.4, -0.2) is 29.0 Å². The third-order valence-electron chi connectivity index (χ3n) is 3.03. The molecule has 2 N–H and O–H groups in total. The SMILES string of the molecule is Cc1cc([C@H]2CC(O)[C@@H](CO)O2)c(Cl)cc1Br. The lowest BCUT2D eigenvalue weighted by molar-refractivity contribution is -0.0225. The fourth-order valence-electron chi connectivity index (χ4n) is 2.02. The predicted molar refractivity (Wildman–Crippen MR) is 69.2 cm³/mol. The summed E-state index contributed by atoms with van der Waals surface area (Å²) in [5.74, 6) is 0. The Morgan fingerprint density at radius 2 is 2.24 bits per heavy atom. The summed E-state index contributed by atoms with van der Waals surface area (Å²) in [6.07, 6.45) is -0.932. The van der Waals surface area contributed by atoms with E-state index < -0.39 is 12.2 Å². The maximum atomic E-state index is 9.70.